The molecule has 1 fully saturated rings. The van der Waals surface area contributed by atoms with E-state index in [0.29, 0.717) is 6.04 Å². The van der Waals surface area contributed by atoms with Gasteiger partial charge in [0.05, 0.1) is 4.32 Å². The highest BCUT2D eigenvalue weighted by atomic mass is 79.9. The molecule has 0 atom stereocenters. The zero-order chi connectivity index (χ0) is 10.9. The molecule has 1 amide bonds. The van der Waals surface area contributed by atoms with Crippen molar-refractivity contribution in [2.75, 3.05) is 6.54 Å². The van der Waals surface area contributed by atoms with E-state index in [-0.39, 0.29) is 5.91 Å². The molecule has 0 aromatic carbocycles. The Kier molecular flexibility index (Phi) is 3.62. The minimum atomic E-state index is -0.424. The molecule has 1 rings (SSSR count). The second kappa shape index (κ2) is 4.21. The molecule has 82 valence electrons. The highest BCUT2D eigenvalue weighted by Gasteiger charge is 2.34. The van der Waals surface area contributed by atoms with E-state index in [4.69, 9.17) is 0 Å². The standard InChI is InChI=1S/C11H20BrNO/c1-8(2)13(7-9-5-6-9)10(14)11(3,4)12/h8-9H,5-7H2,1-4H3. The summed E-state index contributed by atoms with van der Waals surface area (Å²) in [6.07, 6.45) is 2.58. The van der Waals surface area contributed by atoms with E-state index >= 15 is 0 Å². The van der Waals surface area contributed by atoms with Gasteiger partial charge in [0.15, 0.2) is 0 Å². The number of nitrogens with zero attached hydrogens (tertiary/aromatic N) is 1. The Balaban J connectivity index is 2.61. The van der Waals surface area contributed by atoms with Crippen molar-refractivity contribution in [2.24, 2.45) is 5.92 Å². The van der Waals surface area contributed by atoms with E-state index in [9.17, 15) is 4.79 Å². The van der Waals surface area contributed by atoms with E-state index in [1.165, 1.54) is 12.8 Å². The van der Waals surface area contributed by atoms with E-state index in [2.05, 4.69) is 29.8 Å². The first-order chi connectivity index (χ1) is 6.32. The lowest BCUT2D eigenvalue weighted by Gasteiger charge is -2.31. The van der Waals surface area contributed by atoms with Crippen LogP contribution >= 0.6 is 15.9 Å². The molecular formula is C11H20BrNO. The fraction of sp³-hybridized carbons (Fsp3) is 0.909. The van der Waals surface area contributed by atoms with E-state index in [1.54, 1.807) is 0 Å². The predicted octanol–water partition coefficient (Wildman–Crippen LogP) is 2.81. The van der Waals surface area contributed by atoms with Gasteiger partial charge in [0.2, 0.25) is 5.91 Å². The van der Waals surface area contributed by atoms with Gasteiger partial charge in [-0.3, -0.25) is 4.79 Å². The summed E-state index contributed by atoms with van der Waals surface area (Å²) in [5.41, 5.74) is 0. The third kappa shape index (κ3) is 3.26. The van der Waals surface area contributed by atoms with Crippen molar-refractivity contribution in [2.45, 2.75) is 50.9 Å². The summed E-state index contributed by atoms with van der Waals surface area (Å²) in [5, 5.41) is 0. The average molecular weight is 262 g/mol. The third-order valence-electron chi connectivity index (χ3n) is 2.54. The summed E-state index contributed by atoms with van der Waals surface area (Å²) < 4.78 is -0.424. The van der Waals surface area contributed by atoms with Crippen LogP contribution in [0.2, 0.25) is 0 Å². The minimum absolute atomic E-state index is 0.208. The quantitative estimate of drug-likeness (QED) is 0.713. The van der Waals surface area contributed by atoms with Crippen LogP contribution in [0.15, 0.2) is 0 Å². The molecule has 0 radical (unpaired) electrons. The van der Waals surface area contributed by atoms with Gasteiger partial charge in [-0.25, -0.2) is 0 Å². The van der Waals surface area contributed by atoms with Crippen LogP contribution in [0, 0.1) is 5.92 Å². The van der Waals surface area contributed by atoms with Crippen molar-refractivity contribution in [3.8, 4) is 0 Å². The van der Waals surface area contributed by atoms with Crippen molar-refractivity contribution in [3.63, 3.8) is 0 Å². The Morgan fingerprint density at radius 2 is 2.00 bits per heavy atom. The molecule has 14 heavy (non-hydrogen) atoms. The van der Waals surface area contributed by atoms with E-state index in [0.717, 1.165) is 12.5 Å². The Morgan fingerprint density at radius 3 is 2.29 bits per heavy atom. The largest absolute Gasteiger partial charge is 0.339 e. The summed E-state index contributed by atoms with van der Waals surface area (Å²) in [4.78, 5) is 14.0. The SMILES string of the molecule is CC(C)N(CC1CC1)C(=O)C(C)(C)Br. The maximum Gasteiger partial charge on any atom is 0.239 e. The van der Waals surface area contributed by atoms with Crippen LogP contribution in [0.3, 0.4) is 0 Å². The third-order valence-corrected chi connectivity index (χ3v) is 2.88. The highest BCUT2D eigenvalue weighted by molar-refractivity contribution is 9.10. The van der Waals surface area contributed by atoms with E-state index < -0.39 is 4.32 Å². The molecule has 0 heterocycles. The van der Waals surface area contributed by atoms with Crippen molar-refractivity contribution in [3.05, 3.63) is 0 Å². The second-order valence-electron chi connectivity index (χ2n) is 4.97. The molecule has 0 unspecified atom stereocenters. The Hall–Kier alpha value is -0.0500. The minimum Gasteiger partial charge on any atom is -0.339 e. The monoisotopic (exact) mass is 261 g/mol. The molecule has 1 saturated carbocycles. The lowest BCUT2D eigenvalue weighted by molar-refractivity contribution is -0.134. The first-order valence-electron chi connectivity index (χ1n) is 5.32. The molecule has 3 heteroatoms. The van der Waals surface area contributed by atoms with Gasteiger partial charge in [0.1, 0.15) is 0 Å². The molecule has 2 nitrogen and oxygen atoms in total. The van der Waals surface area contributed by atoms with Gasteiger partial charge >= 0.3 is 0 Å². The van der Waals surface area contributed by atoms with Crippen LogP contribution in [0.1, 0.15) is 40.5 Å². The normalized spacial score (nSPS) is 17.3. The zero-order valence-electron chi connectivity index (χ0n) is 9.51. The molecule has 0 spiro atoms. The van der Waals surface area contributed by atoms with Gasteiger partial charge in [-0.2, -0.15) is 0 Å². The van der Waals surface area contributed by atoms with Gasteiger partial charge in [-0.05, 0) is 46.5 Å². The molecule has 0 N–H and O–H groups in total. The number of alkyl halides is 1. The first kappa shape index (κ1) is 12.0. The average Bonchev–Trinajstić information content (AvgIpc) is 2.79. The van der Waals surface area contributed by atoms with Crippen molar-refractivity contribution < 1.29 is 4.79 Å². The molecule has 0 saturated heterocycles. The number of amides is 1. The zero-order valence-corrected chi connectivity index (χ0v) is 11.1. The topological polar surface area (TPSA) is 20.3 Å². The Labute approximate surface area is 95.2 Å². The van der Waals surface area contributed by atoms with Gasteiger partial charge < -0.3 is 4.90 Å². The van der Waals surface area contributed by atoms with Gasteiger partial charge in [0.25, 0.3) is 0 Å². The van der Waals surface area contributed by atoms with Crippen LogP contribution in [-0.2, 0) is 4.79 Å². The van der Waals surface area contributed by atoms with E-state index in [1.807, 2.05) is 18.7 Å². The van der Waals surface area contributed by atoms with Crippen LogP contribution in [0.25, 0.3) is 0 Å². The van der Waals surface area contributed by atoms with Crippen molar-refractivity contribution in [1.29, 1.82) is 0 Å². The molecule has 1 aliphatic carbocycles. The Bertz CT molecular complexity index is 216. The molecule has 0 aromatic heterocycles. The number of hydrogen-bond acceptors (Lipinski definition) is 1. The van der Waals surface area contributed by atoms with Gasteiger partial charge in [0, 0.05) is 12.6 Å². The van der Waals surface area contributed by atoms with Crippen LogP contribution < -0.4 is 0 Å². The molecule has 1 aliphatic rings. The summed E-state index contributed by atoms with van der Waals surface area (Å²) >= 11 is 3.43. The summed E-state index contributed by atoms with van der Waals surface area (Å²) in [6.45, 7) is 8.93. The smallest absolute Gasteiger partial charge is 0.239 e. The first-order valence-corrected chi connectivity index (χ1v) is 6.11. The molecular weight excluding hydrogens is 242 g/mol. The second-order valence-corrected chi connectivity index (χ2v) is 6.95. The van der Waals surface area contributed by atoms with Crippen LogP contribution in [0.5, 0.6) is 0 Å². The Morgan fingerprint density at radius 1 is 1.50 bits per heavy atom. The summed E-state index contributed by atoms with van der Waals surface area (Å²) in [5.74, 6) is 0.968. The maximum atomic E-state index is 12.0. The fourth-order valence-corrected chi connectivity index (χ4v) is 1.68. The number of carbonyl (C=O) groups is 1. The lowest BCUT2D eigenvalue weighted by Crippen LogP contribution is -2.46. The lowest BCUT2D eigenvalue weighted by atomic mass is 10.1. The maximum absolute atomic E-state index is 12.0. The summed E-state index contributed by atoms with van der Waals surface area (Å²) in [6, 6.07) is 0.305. The highest BCUT2D eigenvalue weighted by Crippen LogP contribution is 2.32. The fourth-order valence-electron chi connectivity index (χ4n) is 1.45. The van der Waals surface area contributed by atoms with Crippen LogP contribution in [0.4, 0.5) is 0 Å². The summed E-state index contributed by atoms with van der Waals surface area (Å²) in [7, 11) is 0. The number of rotatable bonds is 4. The number of halogens is 1. The number of hydrogen-bond donors (Lipinski definition) is 0. The molecule has 0 bridgehead atoms. The van der Waals surface area contributed by atoms with Gasteiger partial charge in [-0.1, -0.05) is 15.9 Å². The van der Waals surface area contributed by atoms with Gasteiger partial charge in [-0.15, -0.1) is 0 Å². The van der Waals surface area contributed by atoms with Crippen molar-refractivity contribution >= 4 is 21.8 Å². The predicted molar refractivity (Wildman–Crippen MR) is 62.6 cm³/mol. The number of carbonyl (C=O) groups excluding carboxylic acids is 1. The molecule has 0 aromatic rings. The van der Waals surface area contributed by atoms with Crippen LogP contribution in [-0.4, -0.2) is 27.7 Å². The molecule has 0 aliphatic heterocycles. The van der Waals surface area contributed by atoms with Crippen molar-refractivity contribution in [1.82, 2.24) is 4.90 Å².